The fourth-order valence-electron chi connectivity index (χ4n) is 2.22. The van der Waals surface area contributed by atoms with Crippen LogP contribution in [0.25, 0.3) is 11.1 Å². The first kappa shape index (κ1) is 17.8. The zero-order chi connectivity index (χ0) is 14.3. The molecular weight excluding hydrogens is 328 g/mol. The molecule has 2 fully saturated rings. The molecule has 0 spiro atoms. The quantitative estimate of drug-likeness (QED) is 0.658. The first-order valence-electron chi connectivity index (χ1n) is 6.97. The molecule has 2 aliphatic carbocycles. The Hall–Kier alpha value is -0.561. The average molecular weight is 344 g/mol. The van der Waals surface area contributed by atoms with Crippen LogP contribution in [-0.2, 0) is 17.1 Å². The third-order valence-electron chi connectivity index (χ3n) is 3.23. The van der Waals surface area contributed by atoms with Crippen LogP contribution in [0, 0.1) is 63.7 Å². The molecule has 2 aromatic rings. The second-order valence-electron chi connectivity index (χ2n) is 4.67. The maximum absolute atomic E-state index is 2.20. The number of thiophene rings is 1. The average Bonchev–Trinajstić information content (AvgIpc) is 3.29. The minimum Gasteiger partial charge on any atom is -0.148 e. The Balaban J connectivity index is 0.000000253. The van der Waals surface area contributed by atoms with Crippen LogP contribution in [0.4, 0.5) is 0 Å². The SMILES string of the molecule is [CH]1[CH][CH][CH][CH]1.[CH]1[CH][CH][C](c2sccc2-c2ccccc2)[CH]1.[Fe]. The molecular formula is C20H16FeS. The molecule has 1 aromatic carbocycles. The van der Waals surface area contributed by atoms with E-state index >= 15 is 0 Å². The maximum atomic E-state index is 2.20. The van der Waals surface area contributed by atoms with E-state index in [4.69, 9.17) is 0 Å². The fraction of sp³-hybridized carbons (Fsp3) is 0. The number of hydrogen-bond acceptors (Lipinski definition) is 1. The fourth-order valence-corrected chi connectivity index (χ4v) is 3.15. The Labute approximate surface area is 149 Å². The molecule has 1 heterocycles. The Kier molecular flexibility index (Phi) is 7.72. The standard InChI is InChI=1S/C15H11S.C5H5.Fe/c1-2-6-12(7-3-1)14-10-11-16-15(14)13-8-4-5-9-13;1-2-4-5-3-1;/h1-11H;1-5H;. The second-order valence-corrected chi connectivity index (χ2v) is 5.58. The number of rotatable bonds is 2. The zero-order valence-electron chi connectivity index (χ0n) is 12.0. The normalized spacial score (nSPS) is 17.6. The molecule has 0 unspecified atom stereocenters. The molecule has 110 valence electrons. The second kappa shape index (κ2) is 9.55. The first-order valence-corrected chi connectivity index (χ1v) is 7.85. The molecule has 0 saturated heterocycles. The van der Waals surface area contributed by atoms with Gasteiger partial charge in [-0.05, 0) is 80.4 Å². The molecule has 0 nitrogen and oxygen atoms in total. The molecule has 0 N–H and O–H groups in total. The van der Waals surface area contributed by atoms with E-state index in [1.165, 1.54) is 21.9 Å². The van der Waals surface area contributed by atoms with Crippen molar-refractivity contribution in [2.24, 2.45) is 0 Å². The number of hydrogen-bond donors (Lipinski definition) is 0. The van der Waals surface area contributed by atoms with Gasteiger partial charge in [-0.15, -0.1) is 11.3 Å². The minimum atomic E-state index is 0. The number of benzene rings is 1. The van der Waals surface area contributed by atoms with Crippen molar-refractivity contribution in [3.05, 3.63) is 110 Å². The molecule has 0 bridgehead atoms. The Morgan fingerprint density at radius 2 is 1.23 bits per heavy atom. The van der Waals surface area contributed by atoms with Crippen LogP contribution in [0.5, 0.6) is 0 Å². The summed E-state index contributed by atoms with van der Waals surface area (Å²) in [6.45, 7) is 0. The molecule has 0 aliphatic heterocycles. The van der Waals surface area contributed by atoms with Gasteiger partial charge in [-0.2, -0.15) is 0 Å². The summed E-state index contributed by atoms with van der Waals surface area (Å²) in [5, 5.41) is 2.16. The summed E-state index contributed by atoms with van der Waals surface area (Å²) in [7, 11) is 0. The van der Waals surface area contributed by atoms with E-state index in [1.54, 1.807) is 11.3 Å². The predicted octanol–water partition coefficient (Wildman–Crippen LogP) is 5.19. The van der Waals surface area contributed by atoms with Crippen molar-refractivity contribution < 1.29 is 17.1 Å². The van der Waals surface area contributed by atoms with Gasteiger partial charge in [-0.25, -0.2) is 0 Å². The van der Waals surface area contributed by atoms with Crippen LogP contribution < -0.4 is 0 Å². The monoisotopic (exact) mass is 344 g/mol. The van der Waals surface area contributed by atoms with Crippen LogP contribution in [0.2, 0.25) is 0 Å². The van der Waals surface area contributed by atoms with Crippen LogP contribution in [-0.4, -0.2) is 0 Å². The molecule has 22 heavy (non-hydrogen) atoms. The van der Waals surface area contributed by atoms with Gasteiger partial charge in [-0.1, -0.05) is 30.3 Å². The Bertz CT molecular complexity index is 514. The van der Waals surface area contributed by atoms with E-state index in [-0.39, 0.29) is 17.1 Å². The molecule has 4 rings (SSSR count). The van der Waals surface area contributed by atoms with Gasteiger partial charge in [0.1, 0.15) is 0 Å². The van der Waals surface area contributed by atoms with E-state index < -0.39 is 0 Å². The van der Waals surface area contributed by atoms with Crippen molar-refractivity contribution in [1.82, 2.24) is 0 Å². The third-order valence-corrected chi connectivity index (χ3v) is 4.19. The molecule has 10 radical (unpaired) electrons. The molecule has 2 saturated carbocycles. The molecule has 0 amide bonds. The summed E-state index contributed by atoms with van der Waals surface area (Å²) in [4.78, 5) is 1.36. The van der Waals surface area contributed by atoms with Gasteiger partial charge in [0.05, 0.1) is 0 Å². The van der Waals surface area contributed by atoms with Gasteiger partial charge in [-0.3, -0.25) is 0 Å². The Morgan fingerprint density at radius 1 is 0.636 bits per heavy atom. The largest absolute Gasteiger partial charge is 0.148 e. The van der Waals surface area contributed by atoms with E-state index in [0.717, 1.165) is 0 Å². The summed E-state index contributed by atoms with van der Waals surface area (Å²) in [5.74, 6) is 1.31. The van der Waals surface area contributed by atoms with Gasteiger partial charge < -0.3 is 0 Å². The van der Waals surface area contributed by atoms with Gasteiger partial charge >= 0.3 is 0 Å². The summed E-state index contributed by atoms with van der Waals surface area (Å²) in [6.07, 6.45) is 18.5. The zero-order valence-corrected chi connectivity index (χ0v) is 13.9. The van der Waals surface area contributed by atoms with Gasteiger partial charge in [0.15, 0.2) is 0 Å². The van der Waals surface area contributed by atoms with Crippen molar-refractivity contribution in [1.29, 1.82) is 0 Å². The Morgan fingerprint density at radius 3 is 1.82 bits per heavy atom. The minimum absolute atomic E-state index is 0. The van der Waals surface area contributed by atoms with Crippen molar-refractivity contribution in [2.75, 3.05) is 0 Å². The first-order chi connectivity index (χ1) is 10.4. The molecule has 2 aliphatic rings. The summed E-state index contributed by atoms with van der Waals surface area (Å²) in [6, 6.07) is 12.7. The predicted molar refractivity (Wildman–Crippen MR) is 90.8 cm³/mol. The van der Waals surface area contributed by atoms with Gasteiger partial charge in [0.2, 0.25) is 0 Å². The van der Waals surface area contributed by atoms with Gasteiger partial charge in [0, 0.05) is 27.9 Å². The van der Waals surface area contributed by atoms with Crippen molar-refractivity contribution in [3.63, 3.8) is 0 Å². The smallest absolute Gasteiger partial charge is 0.0232 e. The summed E-state index contributed by atoms with van der Waals surface area (Å²) in [5.41, 5.74) is 2.62. The van der Waals surface area contributed by atoms with Crippen LogP contribution in [0.1, 0.15) is 4.88 Å². The van der Waals surface area contributed by atoms with Crippen molar-refractivity contribution in [3.8, 4) is 11.1 Å². The van der Waals surface area contributed by atoms with E-state index in [2.05, 4.69) is 67.5 Å². The topological polar surface area (TPSA) is 0 Å². The van der Waals surface area contributed by atoms with Crippen molar-refractivity contribution >= 4 is 11.3 Å². The van der Waals surface area contributed by atoms with Crippen LogP contribution >= 0.6 is 11.3 Å². The van der Waals surface area contributed by atoms with Crippen LogP contribution in [0.15, 0.2) is 41.8 Å². The van der Waals surface area contributed by atoms with E-state index in [0.29, 0.717) is 0 Å². The van der Waals surface area contributed by atoms with Crippen LogP contribution in [0.3, 0.4) is 0 Å². The summed E-state index contributed by atoms with van der Waals surface area (Å²) < 4.78 is 0. The van der Waals surface area contributed by atoms with E-state index in [1.807, 2.05) is 32.1 Å². The molecule has 2 heteroatoms. The summed E-state index contributed by atoms with van der Waals surface area (Å²) >= 11 is 1.80. The third kappa shape index (κ3) is 4.72. The van der Waals surface area contributed by atoms with Crippen molar-refractivity contribution in [2.45, 2.75) is 0 Å². The molecule has 0 atom stereocenters. The maximum Gasteiger partial charge on any atom is 0.0232 e. The van der Waals surface area contributed by atoms with Gasteiger partial charge in [0.25, 0.3) is 0 Å². The molecule has 1 aromatic heterocycles. The van der Waals surface area contributed by atoms with E-state index in [9.17, 15) is 0 Å².